The minimum absolute atomic E-state index is 0.131. The van der Waals surface area contributed by atoms with Gasteiger partial charge in [-0.1, -0.05) is 0 Å². The van der Waals surface area contributed by atoms with Crippen LogP contribution in [-0.2, 0) is 9.59 Å². The molecule has 2 amide bonds. The van der Waals surface area contributed by atoms with Gasteiger partial charge in [0.15, 0.2) is 11.5 Å². The Balaban J connectivity index is 1.65. The van der Waals surface area contributed by atoms with Crippen molar-refractivity contribution in [2.24, 2.45) is 0 Å². The summed E-state index contributed by atoms with van der Waals surface area (Å²) in [5.74, 6) is 2.32. The summed E-state index contributed by atoms with van der Waals surface area (Å²) in [5, 5.41) is 3.00. The Morgan fingerprint density at radius 2 is 1.58 bits per heavy atom. The molecule has 9 heteroatoms. The fraction of sp³-hybridized carbons (Fsp3) is 0.333. The van der Waals surface area contributed by atoms with Crippen LogP contribution in [0.1, 0.15) is 12.0 Å². The fourth-order valence-corrected chi connectivity index (χ4v) is 4.24. The van der Waals surface area contributed by atoms with E-state index >= 15 is 0 Å². The predicted molar refractivity (Wildman–Crippen MR) is 127 cm³/mol. The lowest BCUT2D eigenvalue weighted by atomic mass is 10.1. The first-order chi connectivity index (χ1) is 16.0. The molecule has 1 saturated heterocycles. The average Bonchev–Trinajstić information content (AvgIpc) is 3.35. The van der Waals surface area contributed by atoms with Crippen LogP contribution in [0.5, 0.6) is 23.0 Å². The molecule has 0 aromatic heterocycles. The van der Waals surface area contributed by atoms with Crippen molar-refractivity contribution in [2.45, 2.75) is 11.3 Å². The maximum absolute atomic E-state index is 12.9. The quantitative estimate of drug-likeness (QED) is 0.408. The zero-order valence-electron chi connectivity index (χ0n) is 19.2. The lowest BCUT2D eigenvalue weighted by Gasteiger charge is -2.26. The Bertz CT molecular complexity index is 1030. The molecule has 0 saturated carbocycles. The highest BCUT2D eigenvalue weighted by Gasteiger charge is 2.29. The molecule has 2 aromatic rings. The molecule has 1 fully saturated rings. The van der Waals surface area contributed by atoms with E-state index in [0.29, 0.717) is 41.7 Å². The molecule has 0 bridgehead atoms. The minimum atomic E-state index is -0.262. The summed E-state index contributed by atoms with van der Waals surface area (Å²) in [6.07, 6.45) is 3.85. The van der Waals surface area contributed by atoms with Gasteiger partial charge in [-0.15, -0.1) is 11.8 Å². The SMILES string of the molecule is COc1ccc(OC)c(/C=C/C(=O)N2CCCN2C(=O)CSc2ccc(OC)c(OC)c2)c1. The van der Waals surface area contributed by atoms with Gasteiger partial charge in [-0.3, -0.25) is 14.6 Å². The molecule has 0 radical (unpaired) electrons. The molecular formula is C24H28N2O6S. The largest absolute Gasteiger partial charge is 0.497 e. The topological polar surface area (TPSA) is 77.5 Å². The molecule has 1 aliphatic heterocycles. The summed E-state index contributed by atoms with van der Waals surface area (Å²) in [6, 6.07) is 10.9. The van der Waals surface area contributed by atoms with Gasteiger partial charge in [0.25, 0.3) is 11.8 Å². The number of amides is 2. The van der Waals surface area contributed by atoms with Gasteiger partial charge in [-0.05, 0) is 48.9 Å². The molecule has 0 unspecified atom stereocenters. The minimum Gasteiger partial charge on any atom is -0.497 e. The van der Waals surface area contributed by atoms with Crippen LogP contribution in [0.2, 0.25) is 0 Å². The lowest BCUT2D eigenvalue weighted by molar-refractivity contribution is -0.152. The van der Waals surface area contributed by atoms with Crippen molar-refractivity contribution < 1.29 is 28.5 Å². The van der Waals surface area contributed by atoms with Crippen molar-refractivity contribution in [3.8, 4) is 23.0 Å². The highest BCUT2D eigenvalue weighted by Crippen LogP contribution is 2.32. The Morgan fingerprint density at radius 1 is 0.879 bits per heavy atom. The van der Waals surface area contributed by atoms with E-state index in [9.17, 15) is 9.59 Å². The third-order valence-corrected chi connectivity index (χ3v) is 6.11. The van der Waals surface area contributed by atoms with Crippen LogP contribution in [-0.4, -0.2) is 69.1 Å². The Labute approximate surface area is 198 Å². The number of carbonyl (C=O) groups is 2. The number of hydrazine groups is 1. The van der Waals surface area contributed by atoms with Gasteiger partial charge in [0.2, 0.25) is 0 Å². The first-order valence-electron chi connectivity index (χ1n) is 10.4. The predicted octanol–water partition coefficient (Wildman–Crippen LogP) is 3.50. The van der Waals surface area contributed by atoms with Crippen LogP contribution in [0.3, 0.4) is 0 Å². The number of hydrogen-bond acceptors (Lipinski definition) is 7. The lowest BCUT2D eigenvalue weighted by Crippen LogP contribution is -2.44. The molecule has 0 aliphatic carbocycles. The summed E-state index contributed by atoms with van der Waals surface area (Å²) in [5.41, 5.74) is 0.714. The summed E-state index contributed by atoms with van der Waals surface area (Å²) in [4.78, 5) is 26.6. The molecule has 0 spiro atoms. The number of hydrogen-bond donors (Lipinski definition) is 0. The summed E-state index contributed by atoms with van der Waals surface area (Å²) < 4.78 is 21.2. The third kappa shape index (κ3) is 5.92. The molecule has 1 heterocycles. The van der Waals surface area contributed by atoms with E-state index in [1.54, 1.807) is 58.8 Å². The molecule has 33 heavy (non-hydrogen) atoms. The van der Waals surface area contributed by atoms with E-state index < -0.39 is 0 Å². The highest BCUT2D eigenvalue weighted by molar-refractivity contribution is 8.00. The number of rotatable bonds is 9. The smallest absolute Gasteiger partial charge is 0.265 e. The standard InChI is InChI=1S/C24H28N2O6S/c1-29-18-7-9-20(30-2)17(14-18)6-11-23(27)25-12-5-13-26(25)24(28)16-33-19-8-10-21(31-3)22(15-19)32-4/h6-11,14-15H,5,12-13,16H2,1-4H3/b11-6+. The zero-order chi connectivity index (χ0) is 23.8. The van der Waals surface area contributed by atoms with Crippen molar-refractivity contribution in [3.63, 3.8) is 0 Å². The van der Waals surface area contributed by atoms with Gasteiger partial charge in [0.05, 0.1) is 34.2 Å². The van der Waals surface area contributed by atoms with Crippen molar-refractivity contribution in [3.05, 3.63) is 48.0 Å². The van der Waals surface area contributed by atoms with E-state index in [4.69, 9.17) is 18.9 Å². The Morgan fingerprint density at radius 3 is 2.27 bits per heavy atom. The molecule has 176 valence electrons. The molecule has 8 nitrogen and oxygen atoms in total. The summed E-state index contributed by atoms with van der Waals surface area (Å²) in [6.45, 7) is 0.999. The first kappa shape index (κ1) is 24.3. The molecule has 3 rings (SSSR count). The second-order valence-electron chi connectivity index (χ2n) is 7.08. The number of nitrogens with zero attached hydrogens (tertiary/aromatic N) is 2. The molecular weight excluding hydrogens is 444 g/mol. The molecule has 1 aliphatic rings. The maximum atomic E-state index is 12.9. The average molecular weight is 473 g/mol. The monoisotopic (exact) mass is 472 g/mol. The number of methoxy groups -OCH3 is 4. The van der Waals surface area contributed by atoms with E-state index in [0.717, 1.165) is 11.3 Å². The summed E-state index contributed by atoms with van der Waals surface area (Å²) >= 11 is 1.38. The van der Waals surface area contributed by atoms with E-state index in [1.165, 1.54) is 27.9 Å². The Kier molecular flexibility index (Phi) is 8.48. The first-order valence-corrected chi connectivity index (χ1v) is 11.4. The van der Waals surface area contributed by atoms with E-state index in [-0.39, 0.29) is 17.6 Å². The fourth-order valence-electron chi connectivity index (χ4n) is 3.44. The number of benzene rings is 2. The second-order valence-corrected chi connectivity index (χ2v) is 8.13. The van der Waals surface area contributed by atoms with Crippen LogP contribution in [0.4, 0.5) is 0 Å². The van der Waals surface area contributed by atoms with Crippen molar-refractivity contribution in [2.75, 3.05) is 47.3 Å². The van der Waals surface area contributed by atoms with E-state index in [2.05, 4.69) is 0 Å². The number of thioether (sulfide) groups is 1. The molecule has 0 atom stereocenters. The van der Waals surface area contributed by atoms with Crippen LogP contribution in [0.15, 0.2) is 47.4 Å². The van der Waals surface area contributed by atoms with Crippen LogP contribution in [0, 0.1) is 0 Å². The second kappa shape index (κ2) is 11.5. The van der Waals surface area contributed by atoms with Gasteiger partial charge in [-0.2, -0.15) is 0 Å². The van der Waals surface area contributed by atoms with E-state index in [1.807, 2.05) is 12.1 Å². The zero-order valence-corrected chi connectivity index (χ0v) is 20.0. The summed E-state index contributed by atoms with van der Waals surface area (Å²) in [7, 11) is 6.29. The van der Waals surface area contributed by atoms with Crippen LogP contribution in [0.25, 0.3) is 6.08 Å². The highest BCUT2D eigenvalue weighted by atomic mass is 32.2. The van der Waals surface area contributed by atoms with Crippen LogP contribution < -0.4 is 18.9 Å². The van der Waals surface area contributed by atoms with Gasteiger partial charge < -0.3 is 18.9 Å². The van der Waals surface area contributed by atoms with Crippen molar-refractivity contribution in [1.82, 2.24) is 10.0 Å². The Hall–Kier alpha value is -3.33. The van der Waals surface area contributed by atoms with Crippen LogP contribution >= 0.6 is 11.8 Å². The van der Waals surface area contributed by atoms with Crippen molar-refractivity contribution in [1.29, 1.82) is 0 Å². The third-order valence-electron chi connectivity index (χ3n) is 5.13. The number of ether oxygens (including phenoxy) is 4. The molecule has 0 N–H and O–H groups in total. The van der Waals surface area contributed by atoms with Crippen molar-refractivity contribution >= 4 is 29.7 Å². The van der Waals surface area contributed by atoms with Gasteiger partial charge >= 0.3 is 0 Å². The maximum Gasteiger partial charge on any atom is 0.265 e. The number of carbonyl (C=O) groups excluding carboxylic acids is 2. The van der Waals surface area contributed by atoms with Gasteiger partial charge in [-0.25, -0.2) is 5.01 Å². The normalized spacial score (nSPS) is 13.3. The van der Waals surface area contributed by atoms with Gasteiger partial charge in [0.1, 0.15) is 11.5 Å². The van der Waals surface area contributed by atoms with Gasteiger partial charge in [0, 0.05) is 29.6 Å². The molecule has 2 aromatic carbocycles.